The summed E-state index contributed by atoms with van der Waals surface area (Å²) in [4.78, 5) is 17.9. The number of carbonyl (C=O) groups is 1. The van der Waals surface area contributed by atoms with Gasteiger partial charge in [0.2, 0.25) is 0 Å². The van der Waals surface area contributed by atoms with Crippen molar-refractivity contribution in [1.82, 2.24) is 14.5 Å². The number of rotatable bonds is 5. The Kier molecular flexibility index (Phi) is 4.48. The van der Waals surface area contributed by atoms with Crippen LogP contribution < -0.4 is 0 Å². The van der Waals surface area contributed by atoms with Crippen LogP contribution in [-0.4, -0.2) is 38.1 Å². The number of aromatic nitrogens is 2. The highest BCUT2D eigenvalue weighted by Gasteiger charge is 2.42. The fraction of sp³-hybridized carbons (Fsp3) is 0.733. The summed E-state index contributed by atoms with van der Waals surface area (Å²) in [6, 6.07) is -0.416. The molecule has 5 nitrogen and oxygen atoms in total. The Balaban J connectivity index is 2.17. The van der Waals surface area contributed by atoms with Crippen molar-refractivity contribution in [3.8, 4) is 0 Å². The fourth-order valence-electron chi connectivity index (χ4n) is 3.29. The second-order valence-corrected chi connectivity index (χ2v) is 6.38. The first-order valence-electron chi connectivity index (χ1n) is 7.41. The van der Waals surface area contributed by atoms with Gasteiger partial charge in [-0.05, 0) is 31.2 Å². The Labute approximate surface area is 120 Å². The number of piperidine rings is 1. The highest BCUT2D eigenvalue weighted by Crippen LogP contribution is 2.36. The zero-order chi connectivity index (χ0) is 14.8. The fourth-order valence-corrected chi connectivity index (χ4v) is 3.29. The lowest BCUT2D eigenvalue weighted by Gasteiger charge is -2.44. The van der Waals surface area contributed by atoms with E-state index in [4.69, 9.17) is 0 Å². The highest BCUT2D eigenvalue weighted by molar-refractivity contribution is 5.74. The SMILES string of the molecule is CCCn1cncc1CN1CCCC(C)(C)C1C(=O)O. The molecule has 0 saturated carbocycles. The maximum Gasteiger partial charge on any atom is 0.321 e. The van der Waals surface area contributed by atoms with E-state index in [9.17, 15) is 9.90 Å². The largest absolute Gasteiger partial charge is 0.480 e. The summed E-state index contributed by atoms with van der Waals surface area (Å²) >= 11 is 0. The van der Waals surface area contributed by atoms with Crippen molar-refractivity contribution < 1.29 is 9.90 Å². The van der Waals surface area contributed by atoms with Crippen molar-refractivity contribution in [1.29, 1.82) is 0 Å². The van der Waals surface area contributed by atoms with Gasteiger partial charge in [0.1, 0.15) is 6.04 Å². The highest BCUT2D eigenvalue weighted by atomic mass is 16.4. The van der Waals surface area contributed by atoms with E-state index >= 15 is 0 Å². The summed E-state index contributed by atoms with van der Waals surface area (Å²) in [7, 11) is 0. The predicted octanol–water partition coefficient (Wildman–Crippen LogP) is 2.37. The molecule has 0 aliphatic carbocycles. The Hall–Kier alpha value is -1.36. The van der Waals surface area contributed by atoms with Crippen molar-refractivity contribution in [2.75, 3.05) is 6.54 Å². The van der Waals surface area contributed by atoms with Crippen molar-refractivity contribution in [2.24, 2.45) is 5.41 Å². The van der Waals surface area contributed by atoms with Crippen LogP contribution in [0.1, 0.15) is 45.7 Å². The molecule has 1 unspecified atom stereocenters. The molecular formula is C15H25N3O2. The molecule has 0 radical (unpaired) electrons. The number of likely N-dealkylation sites (tertiary alicyclic amines) is 1. The summed E-state index contributed by atoms with van der Waals surface area (Å²) in [6.45, 7) is 8.69. The molecule has 1 aliphatic heterocycles. The van der Waals surface area contributed by atoms with Crippen LogP contribution in [0.5, 0.6) is 0 Å². The molecule has 0 bridgehead atoms. The summed E-state index contributed by atoms with van der Waals surface area (Å²) in [5.41, 5.74) is 0.926. The predicted molar refractivity (Wildman–Crippen MR) is 77.4 cm³/mol. The van der Waals surface area contributed by atoms with Crippen LogP contribution in [0.15, 0.2) is 12.5 Å². The van der Waals surface area contributed by atoms with Crippen LogP contribution >= 0.6 is 0 Å². The minimum atomic E-state index is -0.712. The van der Waals surface area contributed by atoms with Gasteiger partial charge in [-0.15, -0.1) is 0 Å². The molecule has 1 aliphatic rings. The molecule has 1 N–H and O–H groups in total. The van der Waals surface area contributed by atoms with Gasteiger partial charge in [-0.25, -0.2) is 4.98 Å². The number of aryl methyl sites for hydroxylation is 1. The maximum atomic E-state index is 11.7. The van der Waals surface area contributed by atoms with E-state index in [0.29, 0.717) is 6.54 Å². The van der Waals surface area contributed by atoms with Gasteiger partial charge in [0.05, 0.1) is 12.0 Å². The van der Waals surface area contributed by atoms with Crippen LogP contribution in [0.4, 0.5) is 0 Å². The lowest BCUT2D eigenvalue weighted by atomic mass is 9.76. The van der Waals surface area contributed by atoms with Crippen LogP contribution in [0.2, 0.25) is 0 Å². The molecule has 0 amide bonds. The van der Waals surface area contributed by atoms with Gasteiger partial charge >= 0.3 is 5.97 Å². The average molecular weight is 279 g/mol. The number of imidazole rings is 1. The van der Waals surface area contributed by atoms with Gasteiger partial charge in [0.25, 0.3) is 0 Å². The molecule has 2 rings (SSSR count). The Morgan fingerprint density at radius 3 is 2.95 bits per heavy atom. The van der Waals surface area contributed by atoms with Crippen LogP contribution in [0.25, 0.3) is 0 Å². The zero-order valence-electron chi connectivity index (χ0n) is 12.7. The molecule has 2 heterocycles. The molecule has 112 valence electrons. The Morgan fingerprint density at radius 2 is 2.30 bits per heavy atom. The molecule has 1 fully saturated rings. The van der Waals surface area contributed by atoms with E-state index in [1.165, 1.54) is 0 Å². The number of aliphatic carboxylic acids is 1. The number of carboxylic acids is 1. The van der Waals surface area contributed by atoms with E-state index in [1.807, 2.05) is 12.5 Å². The normalized spacial score (nSPS) is 22.9. The lowest BCUT2D eigenvalue weighted by Crippen LogP contribution is -2.53. The topological polar surface area (TPSA) is 58.4 Å². The first-order valence-corrected chi connectivity index (χ1v) is 7.41. The van der Waals surface area contributed by atoms with Gasteiger partial charge in [-0.1, -0.05) is 20.8 Å². The quantitative estimate of drug-likeness (QED) is 0.899. The van der Waals surface area contributed by atoms with Crippen LogP contribution in [0, 0.1) is 5.41 Å². The average Bonchev–Trinajstić information content (AvgIpc) is 2.75. The second-order valence-electron chi connectivity index (χ2n) is 6.38. The smallest absolute Gasteiger partial charge is 0.321 e. The first kappa shape index (κ1) is 15.0. The number of hydrogen-bond donors (Lipinski definition) is 1. The first-order chi connectivity index (χ1) is 9.45. The molecule has 1 atom stereocenters. The Bertz CT molecular complexity index is 467. The molecule has 5 heteroatoms. The van der Waals surface area contributed by atoms with E-state index in [1.54, 1.807) is 0 Å². The van der Waals surface area contributed by atoms with Crippen LogP contribution in [-0.2, 0) is 17.9 Å². The summed E-state index contributed by atoms with van der Waals surface area (Å²) in [5.74, 6) is -0.712. The molecule has 0 aromatic carbocycles. The Morgan fingerprint density at radius 1 is 1.55 bits per heavy atom. The van der Waals surface area contributed by atoms with Crippen molar-refractivity contribution in [3.05, 3.63) is 18.2 Å². The molecule has 1 aromatic heterocycles. The summed E-state index contributed by atoms with van der Waals surface area (Å²) < 4.78 is 2.13. The minimum absolute atomic E-state index is 0.181. The van der Waals surface area contributed by atoms with E-state index < -0.39 is 12.0 Å². The lowest BCUT2D eigenvalue weighted by molar-refractivity contribution is -0.151. The second kappa shape index (κ2) is 5.95. The number of hydrogen-bond acceptors (Lipinski definition) is 3. The number of carboxylic acid groups (broad SMARTS) is 1. The van der Waals surface area contributed by atoms with Crippen molar-refractivity contribution in [3.63, 3.8) is 0 Å². The number of nitrogens with zero attached hydrogens (tertiary/aromatic N) is 3. The van der Waals surface area contributed by atoms with Crippen molar-refractivity contribution in [2.45, 2.75) is 59.2 Å². The monoisotopic (exact) mass is 279 g/mol. The molecule has 1 saturated heterocycles. The van der Waals surface area contributed by atoms with Gasteiger partial charge in [0, 0.05) is 19.3 Å². The maximum absolute atomic E-state index is 11.7. The third-order valence-corrected chi connectivity index (χ3v) is 4.23. The molecule has 1 aromatic rings. The third-order valence-electron chi connectivity index (χ3n) is 4.23. The summed E-state index contributed by atoms with van der Waals surface area (Å²) in [6.07, 6.45) is 6.77. The van der Waals surface area contributed by atoms with E-state index in [2.05, 4.69) is 35.2 Å². The zero-order valence-corrected chi connectivity index (χ0v) is 12.7. The van der Waals surface area contributed by atoms with Gasteiger partial charge in [-0.2, -0.15) is 0 Å². The van der Waals surface area contributed by atoms with Gasteiger partial charge in [0.15, 0.2) is 0 Å². The van der Waals surface area contributed by atoms with E-state index in [-0.39, 0.29) is 5.41 Å². The third kappa shape index (κ3) is 3.03. The summed E-state index contributed by atoms with van der Waals surface area (Å²) in [5, 5.41) is 9.58. The van der Waals surface area contributed by atoms with Gasteiger partial charge in [-0.3, -0.25) is 9.69 Å². The van der Waals surface area contributed by atoms with Crippen molar-refractivity contribution >= 4 is 5.97 Å². The minimum Gasteiger partial charge on any atom is -0.480 e. The standard InChI is InChI=1S/C15H25N3O2/c1-4-7-18-11-16-9-12(18)10-17-8-5-6-15(2,3)13(17)14(19)20/h9,11,13H,4-8,10H2,1-3H3,(H,19,20). The van der Waals surface area contributed by atoms with E-state index in [0.717, 1.165) is 38.0 Å². The molecular weight excluding hydrogens is 254 g/mol. The van der Waals surface area contributed by atoms with Crippen LogP contribution in [0.3, 0.4) is 0 Å². The molecule has 0 spiro atoms. The van der Waals surface area contributed by atoms with Gasteiger partial charge < -0.3 is 9.67 Å². The molecule has 20 heavy (non-hydrogen) atoms.